The molecule has 1 spiro atoms. The van der Waals surface area contributed by atoms with Crippen molar-refractivity contribution in [2.75, 3.05) is 0 Å². The molecule has 2 rings (SSSR count). The number of rotatable bonds is 0. The first kappa shape index (κ1) is 8.46. The number of hydrogen-bond donors (Lipinski definition) is 0. The van der Waals surface area contributed by atoms with E-state index in [2.05, 4.69) is 0 Å². The second-order valence-corrected chi connectivity index (χ2v) is 4.50. The van der Waals surface area contributed by atoms with Gasteiger partial charge in [-0.1, -0.05) is 19.3 Å². The average molecular weight is 174 g/mol. The fourth-order valence-electron chi connectivity index (χ4n) is 2.88. The topological polar surface area (TPSA) is 0 Å². The average Bonchev–Trinajstić information content (AvgIpc) is 2.29. The molecule has 0 heterocycles. The molecule has 0 N–H and O–H groups in total. The van der Waals surface area contributed by atoms with E-state index in [1.807, 2.05) is 0 Å². The summed E-state index contributed by atoms with van der Waals surface area (Å²) in [5.41, 5.74) is 0.0666. The Morgan fingerprint density at radius 3 is 1.83 bits per heavy atom. The maximum Gasteiger partial charge on any atom is 0.132 e. The van der Waals surface area contributed by atoms with Gasteiger partial charge in [-0.15, -0.1) is 0 Å². The zero-order valence-electron chi connectivity index (χ0n) is 7.36. The largest absolute Gasteiger partial charge is 0.244 e. The van der Waals surface area contributed by atoms with Crippen LogP contribution in [-0.2, 0) is 0 Å². The van der Waals surface area contributed by atoms with E-state index < -0.39 is 12.3 Å². The van der Waals surface area contributed by atoms with Crippen LogP contribution in [0.3, 0.4) is 0 Å². The van der Waals surface area contributed by atoms with Gasteiger partial charge in [0.15, 0.2) is 0 Å². The van der Waals surface area contributed by atoms with Crippen molar-refractivity contribution in [1.29, 1.82) is 0 Å². The first-order valence-electron chi connectivity index (χ1n) is 5.00. The van der Waals surface area contributed by atoms with Crippen LogP contribution in [0.5, 0.6) is 0 Å². The van der Waals surface area contributed by atoms with Crippen molar-refractivity contribution in [1.82, 2.24) is 0 Å². The van der Waals surface area contributed by atoms with Gasteiger partial charge < -0.3 is 0 Å². The molecule has 2 aliphatic carbocycles. The second kappa shape index (κ2) is 2.97. The SMILES string of the molecule is FC1CC2(CCCCC2)CC1F. The van der Waals surface area contributed by atoms with Crippen molar-refractivity contribution in [3.05, 3.63) is 0 Å². The molecule has 0 aliphatic heterocycles. The van der Waals surface area contributed by atoms with Crippen molar-refractivity contribution in [2.24, 2.45) is 5.41 Å². The first-order valence-corrected chi connectivity index (χ1v) is 5.00. The summed E-state index contributed by atoms with van der Waals surface area (Å²) in [6, 6.07) is 0. The Hall–Kier alpha value is -0.140. The molecule has 0 bridgehead atoms. The van der Waals surface area contributed by atoms with Gasteiger partial charge in [-0.3, -0.25) is 0 Å². The highest BCUT2D eigenvalue weighted by Crippen LogP contribution is 2.50. The predicted octanol–water partition coefficient (Wildman–Crippen LogP) is 3.41. The standard InChI is InChI=1S/C10H16F2/c11-8-6-10(7-9(8)12)4-2-1-3-5-10/h8-9H,1-7H2. The molecule has 0 aromatic rings. The smallest absolute Gasteiger partial charge is 0.132 e. The summed E-state index contributed by atoms with van der Waals surface area (Å²) in [7, 11) is 0. The molecule has 0 aromatic carbocycles. The summed E-state index contributed by atoms with van der Waals surface area (Å²) in [5.74, 6) is 0. The van der Waals surface area contributed by atoms with E-state index in [-0.39, 0.29) is 5.41 Å². The quantitative estimate of drug-likeness (QED) is 0.528. The van der Waals surface area contributed by atoms with E-state index in [0.717, 1.165) is 12.8 Å². The highest BCUT2D eigenvalue weighted by atomic mass is 19.2. The zero-order chi connectivity index (χ0) is 8.60. The highest BCUT2D eigenvalue weighted by molar-refractivity contribution is 4.96. The van der Waals surface area contributed by atoms with E-state index in [9.17, 15) is 8.78 Å². The third-order valence-corrected chi connectivity index (χ3v) is 3.56. The normalized spacial score (nSPS) is 40.5. The van der Waals surface area contributed by atoms with Crippen molar-refractivity contribution in [3.8, 4) is 0 Å². The van der Waals surface area contributed by atoms with Crippen LogP contribution in [0.4, 0.5) is 8.78 Å². The van der Waals surface area contributed by atoms with Crippen LogP contribution < -0.4 is 0 Å². The van der Waals surface area contributed by atoms with Crippen LogP contribution in [0.1, 0.15) is 44.9 Å². The number of alkyl halides is 2. The Morgan fingerprint density at radius 1 is 0.833 bits per heavy atom. The van der Waals surface area contributed by atoms with Crippen molar-refractivity contribution < 1.29 is 8.78 Å². The van der Waals surface area contributed by atoms with Gasteiger partial charge >= 0.3 is 0 Å². The molecule has 2 fully saturated rings. The van der Waals surface area contributed by atoms with E-state index >= 15 is 0 Å². The maximum absolute atomic E-state index is 13.0. The molecule has 0 saturated heterocycles. The van der Waals surface area contributed by atoms with Gasteiger partial charge in [0.25, 0.3) is 0 Å². The van der Waals surface area contributed by atoms with Gasteiger partial charge in [0, 0.05) is 0 Å². The van der Waals surface area contributed by atoms with Crippen LogP contribution in [0.2, 0.25) is 0 Å². The second-order valence-electron chi connectivity index (χ2n) is 4.50. The molecule has 70 valence electrons. The summed E-state index contributed by atoms with van der Waals surface area (Å²) >= 11 is 0. The minimum Gasteiger partial charge on any atom is -0.244 e. The van der Waals surface area contributed by atoms with E-state index in [0.29, 0.717) is 12.8 Å². The van der Waals surface area contributed by atoms with E-state index in [1.165, 1.54) is 19.3 Å². The minimum absolute atomic E-state index is 0.0666. The maximum atomic E-state index is 13.0. The van der Waals surface area contributed by atoms with Crippen molar-refractivity contribution in [2.45, 2.75) is 57.3 Å². The number of hydrogen-bond acceptors (Lipinski definition) is 0. The third kappa shape index (κ3) is 1.36. The van der Waals surface area contributed by atoms with Crippen LogP contribution in [0, 0.1) is 5.41 Å². The summed E-state index contributed by atoms with van der Waals surface area (Å²) in [6.45, 7) is 0. The van der Waals surface area contributed by atoms with Gasteiger partial charge in [-0.25, -0.2) is 8.78 Å². The molecule has 2 atom stereocenters. The summed E-state index contributed by atoms with van der Waals surface area (Å²) < 4.78 is 25.9. The van der Waals surface area contributed by atoms with Gasteiger partial charge in [0.1, 0.15) is 12.3 Å². The lowest BCUT2D eigenvalue weighted by Gasteiger charge is -2.32. The van der Waals surface area contributed by atoms with Crippen molar-refractivity contribution in [3.63, 3.8) is 0 Å². The summed E-state index contributed by atoms with van der Waals surface area (Å²) in [4.78, 5) is 0. The van der Waals surface area contributed by atoms with E-state index in [4.69, 9.17) is 0 Å². The lowest BCUT2D eigenvalue weighted by molar-refractivity contribution is 0.178. The Balaban J connectivity index is 2.02. The summed E-state index contributed by atoms with van der Waals surface area (Å²) in [6.07, 6.45) is 4.41. The zero-order valence-corrected chi connectivity index (χ0v) is 7.36. The minimum atomic E-state index is -1.16. The highest BCUT2D eigenvalue weighted by Gasteiger charge is 2.46. The first-order chi connectivity index (χ1) is 5.72. The Bertz CT molecular complexity index is 149. The molecule has 2 saturated carbocycles. The molecule has 0 aromatic heterocycles. The molecular formula is C10H16F2. The Morgan fingerprint density at radius 2 is 1.33 bits per heavy atom. The Labute approximate surface area is 72.3 Å². The number of halogens is 2. The lowest BCUT2D eigenvalue weighted by Crippen LogP contribution is -2.20. The van der Waals surface area contributed by atoms with Gasteiger partial charge in [-0.2, -0.15) is 0 Å². The van der Waals surface area contributed by atoms with Crippen LogP contribution in [0.15, 0.2) is 0 Å². The van der Waals surface area contributed by atoms with Crippen LogP contribution in [0.25, 0.3) is 0 Å². The van der Waals surface area contributed by atoms with Crippen LogP contribution >= 0.6 is 0 Å². The van der Waals surface area contributed by atoms with Gasteiger partial charge in [0.05, 0.1) is 0 Å². The monoisotopic (exact) mass is 174 g/mol. The fraction of sp³-hybridized carbons (Fsp3) is 1.00. The molecule has 0 amide bonds. The third-order valence-electron chi connectivity index (χ3n) is 3.56. The van der Waals surface area contributed by atoms with Crippen molar-refractivity contribution >= 4 is 0 Å². The molecule has 2 aliphatic rings. The predicted molar refractivity (Wildman–Crippen MR) is 44.5 cm³/mol. The van der Waals surface area contributed by atoms with Gasteiger partial charge in [-0.05, 0) is 31.1 Å². The summed E-state index contributed by atoms with van der Waals surface area (Å²) in [5, 5.41) is 0. The lowest BCUT2D eigenvalue weighted by atomic mass is 9.73. The van der Waals surface area contributed by atoms with Gasteiger partial charge in [0.2, 0.25) is 0 Å². The molecule has 12 heavy (non-hydrogen) atoms. The Kier molecular flexibility index (Phi) is 2.09. The molecule has 0 nitrogen and oxygen atoms in total. The molecule has 2 heteroatoms. The molecule has 0 radical (unpaired) electrons. The van der Waals surface area contributed by atoms with E-state index in [1.54, 1.807) is 0 Å². The fourth-order valence-corrected chi connectivity index (χ4v) is 2.88. The molecule has 2 unspecified atom stereocenters. The van der Waals surface area contributed by atoms with Crippen LogP contribution in [-0.4, -0.2) is 12.3 Å². The molecular weight excluding hydrogens is 158 g/mol.